The molecule has 0 unspecified atom stereocenters. The largest absolute Gasteiger partial charge is 0.493 e. The van der Waals surface area contributed by atoms with Crippen LogP contribution >= 0.6 is 0 Å². The Morgan fingerprint density at radius 2 is 2.04 bits per heavy atom. The van der Waals surface area contributed by atoms with Crippen LogP contribution in [-0.4, -0.2) is 37.3 Å². The van der Waals surface area contributed by atoms with Gasteiger partial charge in [-0.3, -0.25) is 4.79 Å². The summed E-state index contributed by atoms with van der Waals surface area (Å²) in [6.07, 6.45) is 0.761. The quantitative estimate of drug-likeness (QED) is 0.684. The normalized spacial score (nSPS) is 10.4. The Morgan fingerprint density at radius 3 is 2.75 bits per heavy atom. The lowest BCUT2D eigenvalue weighted by atomic mass is 10.2. The molecular formula is C17H19NO6. The summed E-state index contributed by atoms with van der Waals surface area (Å²) in [5.74, 6) is -0.639. The summed E-state index contributed by atoms with van der Waals surface area (Å²) >= 11 is 0. The molecule has 0 spiro atoms. The van der Waals surface area contributed by atoms with Gasteiger partial charge in [0.25, 0.3) is 5.91 Å². The number of methoxy groups -OCH3 is 1. The third-order valence-corrected chi connectivity index (χ3v) is 3.15. The number of amides is 1. The summed E-state index contributed by atoms with van der Waals surface area (Å²) in [5, 5.41) is 11.5. The molecule has 0 radical (unpaired) electrons. The monoisotopic (exact) mass is 333 g/mol. The maximum absolute atomic E-state index is 12.1. The van der Waals surface area contributed by atoms with E-state index in [-0.39, 0.29) is 18.2 Å². The first-order valence-electron chi connectivity index (χ1n) is 7.42. The molecule has 7 heteroatoms. The zero-order valence-electron chi connectivity index (χ0n) is 13.3. The van der Waals surface area contributed by atoms with Gasteiger partial charge in [0, 0.05) is 25.7 Å². The molecule has 0 aliphatic heterocycles. The van der Waals surface area contributed by atoms with E-state index in [0.717, 1.165) is 6.42 Å². The van der Waals surface area contributed by atoms with Crippen molar-refractivity contribution in [3.8, 4) is 5.75 Å². The highest BCUT2D eigenvalue weighted by Gasteiger charge is 2.11. The van der Waals surface area contributed by atoms with Gasteiger partial charge in [0.05, 0.1) is 13.2 Å². The fourth-order valence-electron chi connectivity index (χ4n) is 1.98. The van der Waals surface area contributed by atoms with Crippen LogP contribution in [0.3, 0.4) is 0 Å². The van der Waals surface area contributed by atoms with E-state index in [2.05, 4.69) is 5.32 Å². The molecule has 7 nitrogen and oxygen atoms in total. The summed E-state index contributed by atoms with van der Waals surface area (Å²) in [6, 6.07) is 9.68. The van der Waals surface area contributed by atoms with E-state index in [4.69, 9.17) is 19.0 Å². The van der Waals surface area contributed by atoms with Crippen molar-refractivity contribution in [1.29, 1.82) is 0 Å². The van der Waals surface area contributed by atoms with Crippen LogP contribution in [0.15, 0.2) is 40.8 Å². The Bertz CT molecular complexity index is 694. The fourth-order valence-corrected chi connectivity index (χ4v) is 1.98. The van der Waals surface area contributed by atoms with Gasteiger partial charge in [-0.1, -0.05) is 6.07 Å². The van der Waals surface area contributed by atoms with Crippen LogP contribution in [0.25, 0.3) is 0 Å². The number of furan rings is 1. The number of nitrogens with one attached hydrogen (secondary N) is 1. The predicted molar refractivity (Wildman–Crippen MR) is 85.3 cm³/mol. The topological polar surface area (TPSA) is 98.0 Å². The van der Waals surface area contributed by atoms with Crippen LogP contribution in [0.5, 0.6) is 5.75 Å². The molecule has 1 heterocycles. The Hall–Kier alpha value is -2.80. The van der Waals surface area contributed by atoms with Crippen LogP contribution in [0.2, 0.25) is 0 Å². The van der Waals surface area contributed by atoms with Crippen LogP contribution in [0.4, 0.5) is 0 Å². The van der Waals surface area contributed by atoms with E-state index >= 15 is 0 Å². The molecular weight excluding hydrogens is 314 g/mol. The molecule has 0 aliphatic rings. The number of carboxylic acids is 1. The first-order chi connectivity index (χ1) is 11.6. The number of hydrogen-bond acceptors (Lipinski definition) is 5. The SMILES string of the molecule is COCCCOc1cccc(C(=O)NCc2ccc(C(=O)O)o2)c1. The Labute approximate surface area is 139 Å². The fraction of sp³-hybridized carbons (Fsp3) is 0.294. The lowest BCUT2D eigenvalue weighted by Gasteiger charge is -2.08. The number of carbonyl (C=O) groups is 2. The van der Waals surface area contributed by atoms with Crippen molar-refractivity contribution in [2.24, 2.45) is 0 Å². The highest BCUT2D eigenvalue weighted by atomic mass is 16.5. The van der Waals surface area contributed by atoms with Crippen LogP contribution < -0.4 is 10.1 Å². The van der Waals surface area contributed by atoms with Crippen molar-refractivity contribution in [2.75, 3.05) is 20.3 Å². The second kappa shape index (κ2) is 8.73. The molecule has 128 valence electrons. The van der Waals surface area contributed by atoms with Crippen molar-refractivity contribution < 1.29 is 28.6 Å². The van der Waals surface area contributed by atoms with Gasteiger partial charge in [0.1, 0.15) is 11.5 Å². The zero-order chi connectivity index (χ0) is 17.4. The van der Waals surface area contributed by atoms with E-state index in [0.29, 0.717) is 30.3 Å². The van der Waals surface area contributed by atoms with Gasteiger partial charge in [0.15, 0.2) is 0 Å². The second-order valence-electron chi connectivity index (χ2n) is 4.98. The van der Waals surface area contributed by atoms with Crippen molar-refractivity contribution in [1.82, 2.24) is 5.32 Å². The smallest absolute Gasteiger partial charge is 0.371 e. The van der Waals surface area contributed by atoms with Gasteiger partial charge in [-0.15, -0.1) is 0 Å². The highest BCUT2D eigenvalue weighted by molar-refractivity contribution is 5.94. The van der Waals surface area contributed by atoms with E-state index in [1.807, 2.05) is 0 Å². The summed E-state index contributed by atoms with van der Waals surface area (Å²) in [6.45, 7) is 1.22. The van der Waals surface area contributed by atoms with Gasteiger partial charge >= 0.3 is 5.97 Å². The first kappa shape index (κ1) is 17.6. The molecule has 0 atom stereocenters. The Kier molecular flexibility index (Phi) is 6.39. The van der Waals surface area contributed by atoms with Crippen molar-refractivity contribution >= 4 is 11.9 Å². The highest BCUT2D eigenvalue weighted by Crippen LogP contribution is 2.14. The summed E-state index contributed by atoms with van der Waals surface area (Å²) in [4.78, 5) is 22.9. The van der Waals surface area contributed by atoms with E-state index < -0.39 is 5.97 Å². The van der Waals surface area contributed by atoms with Crippen molar-refractivity contribution in [2.45, 2.75) is 13.0 Å². The lowest BCUT2D eigenvalue weighted by Crippen LogP contribution is -2.22. The lowest BCUT2D eigenvalue weighted by molar-refractivity contribution is 0.0660. The number of ether oxygens (including phenoxy) is 2. The van der Waals surface area contributed by atoms with Gasteiger partial charge in [-0.05, 0) is 30.3 Å². The van der Waals surface area contributed by atoms with Crippen LogP contribution in [0, 0.1) is 0 Å². The number of aromatic carboxylic acids is 1. The third-order valence-electron chi connectivity index (χ3n) is 3.15. The third kappa shape index (κ3) is 5.13. The number of hydrogen-bond donors (Lipinski definition) is 2. The molecule has 2 N–H and O–H groups in total. The Morgan fingerprint density at radius 1 is 1.21 bits per heavy atom. The molecule has 1 aromatic heterocycles. The standard InChI is InChI=1S/C17H19NO6/c1-22-8-3-9-23-13-5-2-4-12(10-13)16(19)18-11-14-6-7-15(24-14)17(20)21/h2,4-7,10H,3,8-9,11H2,1H3,(H,18,19)(H,20,21). The minimum absolute atomic E-state index is 0.102. The molecule has 1 aromatic carbocycles. The number of rotatable bonds is 9. The van der Waals surface area contributed by atoms with E-state index in [1.54, 1.807) is 31.4 Å². The summed E-state index contributed by atoms with van der Waals surface area (Å²) < 4.78 is 15.6. The molecule has 24 heavy (non-hydrogen) atoms. The van der Waals surface area contributed by atoms with Gasteiger partial charge in [-0.25, -0.2) is 4.79 Å². The first-order valence-corrected chi connectivity index (χ1v) is 7.42. The maximum atomic E-state index is 12.1. The maximum Gasteiger partial charge on any atom is 0.371 e. The molecule has 1 amide bonds. The minimum Gasteiger partial charge on any atom is -0.493 e. The van der Waals surface area contributed by atoms with Gasteiger partial charge in [-0.2, -0.15) is 0 Å². The number of carbonyl (C=O) groups excluding carboxylic acids is 1. The van der Waals surface area contributed by atoms with Crippen molar-refractivity contribution in [3.63, 3.8) is 0 Å². The molecule has 0 fully saturated rings. The summed E-state index contributed by atoms with van der Waals surface area (Å²) in [7, 11) is 1.63. The van der Waals surface area contributed by atoms with Crippen molar-refractivity contribution in [3.05, 3.63) is 53.5 Å². The molecule has 0 aliphatic carbocycles. The zero-order valence-corrected chi connectivity index (χ0v) is 13.3. The molecule has 2 rings (SSSR count). The molecule has 0 saturated heterocycles. The van der Waals surface area contributed by atoms with Crippen LogP contribution in [-0.2, 0) is 11.3 Å². The van der Waals surface area contributed by atoms with E-state index in [9.17, 15) is 9.59 Å². The van der Waals surface area contributed by atoms with E-state index in [1.165, 1.54) is 12.1 Å². The Balaban J connectivity index is 1.88. The van der Waals surface area contributed by atoms with Crippen LogP contribution in [0.1, 0.15) is 33.1 Å². The molecule has 0 saturated carbocycles. The second-order valence-corrected chi connectivity index (χ2v) is 4.98. The molecule has 2 aromatic rings. The predicted octanol–water partition coefficient (Wildman–Crippen LogP) is 2.32. The number of carboxylic acid groups (broad SMARTS) is 1. The van der Waals surface area contributed by atoms with Gasteiger partial charge in [0.2, 0.25) is 5.76 Å². The minimum atomic E-state index is -1.15. The number of benzene rings is 1. The average Bonchev–Trinajstić information content (AvgIpc) is 3.06. The summed E-state index contributed by atoms with van der Waals surface area (Å²) in [5.41, 5.74) is 0.448. The molecule has 0 bridgehead atoms. The average molecular weight is 333 g/mol. The van der Waals surface area contributed by atoms with Gasteiger partial charge < -0.3 is 24.3 Å².